The summed E-state index contributed by atoms with van der Waals surface area (Å²) in [4.78, 5) is 13.7. The largest absolute Gasteiger partial charge is 0.444 e. The molecule has 4 unspecified atom stereocenters. The number of nitrogens with zero attached hydrogens (tertiary/aromatic N) is 1. The topological polar surface area (TPSA) is 41.6 Å². The summed E-state index contributed by atoms with van der Waals surface area (Å²) in [5, 5.41) is 3.77. The van der Waals surface area contributed by atoms with E-state index in [4.69, 9.17) is 4.74 Å². The first-order valence-corrected chi connectivity index (χ1v) is 9.92. The number of rotatable bonds is 5. The molecule has 2 aliphatic carbocycles. The van der Waals surface area contributed by atoms with Crippen LogP contribution in [-0.4, -0.2) is 42.8 Å². The molecule has 24 heavy (non-hydrogen) atoms. The van der Waals surface area contributed by atoms with Crippen molar-refractivity contribution in [2.75, 3.05) is 20.1 Å². The fraction of sp³-hybridized carbons (Fsp3) is 0.950. The van der Waals surface area contributed by atoms with Gasteiger partial charge in [0.05, 0.1) is 0 Å². The Kier molecular flexibility index (Phi) is 6.97. The molecular formula is C20H38N2O2. The molecule has 4 heteroatoms. The highest BCUT2D eigenvalue weighted by Gasteiger charge is 2.32. The van der Waals surface area contributed by atoms with Crippen LogP contribution in [0.15, 0.2) is 0 Å². The molecule has 0 aromatic rings. The molecule has 2 aliphatic rings. The Hall–Kier alpha value is -0.770. The van der Waals surface area contributed by atoms with Crippen LogP contribution in [0.1, 0.15) is 72.6 Å². The molecule has 4 nitrogen and oxygen atoms in total. The van der Waals surface area contributed by atoms with Crippen molar-refractivity contribution < 1.29 is 9.53 Å². The lowest BCUT2D eigenvalue weighted by Crippen LogP contribution is -2.43. The van der Waals surface area contributed by atoms with Crippen LogP contribution < -0.4 is 5.32 Å². The summed E-state index contributed by atoms with van der Waals surface area (Å²) in [7, 11) is 1.83. The summed E-state index contributed by atoms with van der Waals surface area (Å²) in [6, 6.07) is 0.679. The van der Waals surface area contributed by atoms with E-state index in [1.165, 1.54) is 44.9 Å². The molecule has 0 saturated heterocycles. The minimum absolute atomic E-state index is 0.225. The molecule has 1 amide bonds. The third-order valence-electron chi connectivity index (χ3n) is 5.59. The van der Waals surface area contributed by atoms with Crippen molar-refractivity contribution in [3.05, 3.63) is 0 Å². The Bertz CT molecular complexity index is 405. The zero-order valence-electron chi connectivity index (χ0n) is 16.4. The van der Waals surface area contributed by atoms with Crippen LogP contribution in [0.25, 0.3) is 0 Å². The van der Waals surface area contributed by atoms with E-state index in [2.05, 4.69) is 12.2 Å². The van der Waals surface area contributed by atoms with Crippen LogP contribution in [-0.2, 0) is 4.74 Å². The van der Waals surface area contributed by atoms with Gasteiger partial charge in [-0.1, -0.05) is 32.6 Å². The summed E-state index contributed by atoms with van der Waals surface area (Å²) < 4.78 is 5.42. The maximum absolute atomic E-state index is 12.0. The summed E-state index contributed by atoms with van der Waals surface area (Å²) in [5.41, 5.74) is -0.425. The minimum Gasteiger partial charge on any atom is -0.444 e. The van der Waals surface area contributed by atoms with E-state index < -0.39 is 5.60 Å². The van der Waals surface area contributed by atoms with E-state index in [9.17, 15) is 4.79 Å². The molecule has 2 rings (SSSR count). The van der Waals surface area contributed by atoms with Gasteiger partial charge < -0.3 is 15.0 Å². The van der Waals surface area contributed by atoms with Crippen molar-refractivity contribution in [3.8, 4) is 0 Å². The van der Waals surface area contributed by atoms with Crippen molar-refractivity contribution >= 4 is 6.09 Å². The number of ether oxygens (including phenoxy) is 1. The van der Waals surface area contributed by atoms with Gasteiger partial charge in [0.1, 0.15) is 5.60 Å². The van der Waals surface area contributed by atoms with Crippen LogP contribution in [0.4, 0.5) is 4.79 Å². The number of carbonyl (C=O) groups is 1. The van der Waals surface area contributed by atoms with E-state index in [0.29, 0.717) is 12.0 Å². The van der Waals surface area contributed by atoms with Crippen molar-refractivity contribution in [1.82, 2.24) is 10.2 Å². The van der Waals surface area contributed by atoms with Gasteiger partial charge in [-0.2, -0.15) is 0 Å². The van der Waals surface area contributed by atoms with Crippen LogP contribution >= 0.6 is 0 Å². The maximum Gasteiger partial charge on any atom is 0.410 e. The van der Waals surface area contributed by atoms with E-state index in [1.54, 1.807) is 4.90 Å². The highest BCUT2D eigenvalue weighted by atomic mass is 16.6. The Morgan fingerprint density at radius 3 is 2.50 bits per heavy atom. The van der Waals surface area contributed by atoms with Crippen LogP contribution in [0, 0.1) is 17.8 Å². The molecule has 0 bridgehead atoms. The van der Waals surface area contributed by atoms with Gasteiger partial charge in [0.2, 0.25) is 0 Å². The van der Waals surface area contributed by atoms with Crippen LogP contribution in [0.2, 0.25) is 0 Å². The van der Waals surface area contributed by atoms with Crippen molar-refractivity contribution in [3.63, 3.8) is 0 Å². The average Bonchev–Trinajstić information content (AvgIpc) is 2.51. The summed E-state index contributed by atoms with van der Waals surface area (Å²) in [6.07, 6.45) is 9.67. The van der Waals surface area contributed by atoms with E-state index in [-0.39, 0.29) is 6.09 Å². The molecule has 0 spiro atoms. The highest BCUT2D eigenvalue weighted by Crippen LogP contribution is 2.40. The first-order valence-electron chi connectivity index (χ1n) is 9.92. The number of amides is 1. The van der Waals surface area contributed by atoms with Crippen molar-refractivity contribution in [2.24, 2.45) is 17.8 Å². The fourth-order valence-electron chi connectivity index (χ4n) is 4.37. The molecule has 1 N–H and O–H groups in total. The van der Waals surface area contributed by atoms with Crippen LogP contribution in [0.5, 0.6) is 0 Å². The number of fused-ring (bicyclic) bond motifs is 1. The Labute approximate surface area is 148 Å². The predicted molar refractivity (Wildman–Crippen MR) is 99.1 cm³/mol. The first kappa shape index (κ1) is 19.6. The third kappa shape index (κ3) is 6.27. The standard InChI is InChI=1S/C20H38N2O2/c1-15(14-22(5)19(23)24-20(2,3)4)13-21-18-11-10-16-8-6-7-9-17(16)12-18/h15-18,21H,6-14H2,1-5H3. The SMILES string of the molecule is CC(CNC1CCC2CCCCC2C1)CN(C)C(=O)OC(C)(C)C. The zero-order valence-corrected chi connectivity index (χ0v) is 16.4. The summed E-state index contributed by atoms with van der Waals surface area (Å²) >= 11 is 0. The molecule has 0 aromatic heterocycles. The van der Waals surface area contributed by atoms with Crippen molar-refractivity contribution in [2.45, 2.75) is 84.3 Å². The smallest absolute Gasteiger partial charge is 0.410 e. The number of hydrogen-bond donors (Lipinski definition) is 1. The second kappa shape index (κ2) is 8.55. The monoisotopic (exact) mass is 338 g/mol. The van der Waals surface area contributed by atoms with Crippen molar-refractivity contribution in [1.29, 1.82) is 0 Å². The van der Waals surface area contributed by atoms with Gasteiger partial charge in [0.15, 0.2) is 0 Å². The van der Waals surface area contributed by atoms with Gasteiger partial charge in [-0.25, -0.2) is 4.79 Å². The lowest BCUT2D eigenvalue weighted by atomic mass is 9.69. The number of carbonyl (C=O) groups excluding carboxylic acids is 1. The molecule has 0 radical (unpaired) electrons. The van der Waals surface area contributed by atoms with Gasteiger partial charge in [0, 0.05) is 19.6 Å². The normalized spacial score (nSPS) is 28.8. The highest BCUT2D eigenvalue weighted by molar-refractivity contribution is 5.67. The molecule has 0 heterocycles. The van der Waals surface area contributed by atoms with Gasteiger partial charge in [-0.3, -0.25) is 0 Å². The van der Waals surface area contributed by atoms with Gasteiger partial charge in [0.25, 0.3) is 0 Å². The zero-order chi connectivity index (χ0) is 17.7. The lowest BCUT2D eigenvalue weighted by Gasteiger charge is -2.40. The molecular weight excluding hydrogens is 300 g/mol. The Morgan fingerprint density at radius 1 is 1.17 bits per heavy atom. The second-order valence-corrected chi connectivity index (χ2v) is 9.19. The Morgan fingerprint density at radius 2 is 1.83 bits per heavy atom. The second-order valence-electron chi connectivity index (χ2n) is 9.19. The van der Waals surface area contributed by atoms with Crippen LogP contribution in [0.3, 0.4) is 0 Å². The molecule has 2 fully saturated rings. The number of nitrogens with one attached hydrogen (secondary N) is 1. The molecule has 2 saturated carbocycles. The van der Waals surface area contributed by atoms with Gasteiger partial charge in [-0.05, 0) is 64.3 Å². The molecule has 0 aromatic carbocycles. The average molecular weight is 339 g/mol. The first-order chi connectivity index (χ1) is 11.2. The minimum atomic E-state index is -0.425. The van der Waals surface area contributed by atoms with E-state index in [0.717, 1.165) is 24.9 Å². The lowest BCUT2D eigenvalue weighted by molar-refractivity contribution is 0.0275. The molecule has 140 valence electrons. The fourth-order valence-corrected chi connectivity index (χ4v) is 4.37. The maximum atomic E-state index is 12.0. The Balaban J connectivity index is 1.67. The summed E-state index contributed by atoms with van der Waals surface area (Å²) in [5.74, 6) is 2.41. The summed E-state index contributed by atoms with van der Waals surface area (Å²) in [6.45, 7) is 9.65. The number of hydrogen-bond acceptors (Lipinski definition) is 3. The predicted octanol–water partition coefficient (Wildman–Crippen LogP) is 4.44. The quantitative estimate of drug-likeness (QED) is 0.806. The van der Waals surface area contributed by atoms with Gasteiger partial charge in [-0.15, -0.1) is 0 Å². The van der Waals surface area contributed by atoms with E-state index in [1.807, 2.05) is 27.8 Å². The van der Waals surface area contributed by atoms with E-state index >= 15 is 0 Å². The molecule has 0 aliphatic heterocycles. The molecule has 4 atom stereocenters. The van der Waals surface area contributed by atoms with Gasteiger partial charge >= 0.3 is 6.09 Å². The third-order valence-corrected chi connectivity index (χ3v) is 5.59.